The molecule has 0 saturated carbocycles. The Morgan fingerprint density at radius 2 is 2.06 bits per heavy atom. The van der Waals surface area contributed by atoms with E-state index in [2.05, 4.69) is 32.6 Å². The Labute approximate surface area is 113 Å². The van der Waals surface area contributed by atoms with E-state index in [1.165, 1.54) is 6.07 Å². The molecule has 0 unspecified atom stereocenters. The quantitative estimate of drug-likeness (QED) is 0.647. The Morgan fingerprint density at radius 3 is 2.76 bits per heavy atom. The van der Waals surface area contributed by atoms with Gasteiger partial charge in [-0.05, 0) is 34.7 Å². The summed E-state index contributed by atoms with van der Waals surface area (Å²) in [6, 6.07) is 4.02. The normalized spacial score (nSPS) is 11.2. The van der Waals surface area contributed by atoms with Crippen LogP contribution in [0.4, 0.5) is 8.78 Å². The zero-order valence-corrected chi connectivity index (χ0v) is 11.3. The van der Waals surface area contributed by atoms with Crippen LogP contribution in [0.5, 0.6) is 0 Å². The topological polar surface area (TPSA) is 28.7 Å². The number of benzene rings is 1. The summed E-state index contributed by atoms with van der Waals surface area (Å²) in [5.41, 5.74) is 1.43. The summed E-state index contributed by atoms with van der Waals surface area (Å²) in [4.78, 5) is 7.06. The number of nitrogens with zero attached hydrogens (tertiary/aromatic N) is 1. The van der Waals surface area contributed by atoms with Crippen LogP contribution >= 0.6 is 33.9 Å². The Kier molecular flexibility index (Phi) is 2.62. The fourth-order valence-corrected chi connectivity index (χ4v) is 2.94. The third-order valence-electron chi connectivity index (χ3n) is 2.35. The van der Waals surface area contributed by atoms with Gasteiger partial charge >= 0.3 is 0 Å². The number of aromatic amines is 1. The number of aromatic nitrogens is 2. The minimum atomic E-state index is -0.646. The Bertz CT molecular complexity index is 705. The highest BCUT2D eigenvalue weighted by Crippen LogP contribution is 2.27. The van der Waals surface area contributed by atoms with Gasteiger partial charge in [-0.2, -0.15) is 0 Å². The first kappa shape index (κ1) is 11.1. The first-order valence-electron chi connectivity index (χ1n) is 4.72. The molecule has 1 aromatic carbocycles. The lowest BCUT2D eigenvalue weighted by Gasteiger charge is -1.90. The van der Waals surface area contributed by atoms with E-state index < -0.39 is 11.6 Å². The molecule has 3 rings (SSSR count). The second kappa shape index (κ2) is 4.02. The van der Waals surface area contributed by atoms with E-state index in [1.54, 1.807) is 11.3 Å². The zero-order chi connectivity index (χ0) is 12.0. The highest BCUT2D eigenvalue weighted by Gasteiger charge is 2.11. The number of thiophene rings is 1. The van der Waals surface area contributed by atoms with Crippen molar-refractivity contribution in [2.24, 2.45) is 0 Å². The van der Waals surface area contributed by atoms with Crippen molar-refractivity contribution in [3.63, 3.8) is 0 Å². The van der Waals surface area contributed by atoms with Crippen LogP contribution < -0.4 is 0 Å². The molecule has 6 heteroatoms. The molecular weight excluding hydrogens is 357 g/mol. The van der Waals surface area contributed by atoms with Crippen molar-refractivity contribution >= 4 is 45.0 Å². The van der Waals surface area contributed by atoms with Crippen molar-refractivity contribution in [1.82, 2.24) is 9.97 Å². The molecule has 0 radical (unpaired) electrons. The second-order valence-corrected chi connectivity index (χ2v) is 6.31. The molecule has 0 aliphatic carbocycles. The monoisotopic (exact) mass is 362 g/mol. The molecule has 0 aliphatic rings. The van der Waals surface area contributed by atoms with Gasteiger partial charge in [0.05, 0.1) is 8.40 Å². The van der Waals surface area contributed by atoms with Crippen molar-refractivity contribution < 1.29 is 8.78 Å². The van der Waals surface area contributed by atoms with Crippen LogP contribution in [-0.2, 0) is 0 Å². The van der Waals surface area contributed by atoms with E-state index in [0.717, 1.165) is 14.5 Å². The van der Waals surface area contributed by atoms with Gasteiger partial charge in [-0.15, -0.1) is 11.3 Å². The van der Waals surface area contributed by atoms with E-state index in [1.807, 2.05) is 11.4 Å². The second-order valence-electron chi connectivity index (χ2n) is 3.51. The fraction of sp³-hybridized carbons (Fsp3) is 0. The van der Waals surface area contributed by atoms with E-state index in [0.29, 0.717) is 11.3 Å². The summed E-state index contributed by atoms with van der Waals surface area (Å²) in [6.45, 7) is 0. The van der Waals surface area contributed by atoms with Gasteiger partial charge < -0.3 is 4.98 Å². The molecule has 2 heterocycles. The zero-order valence-electron chi connectivity index (χ0n) is 8.30. The van der Waals surface area contributed by atoms with Crippen LogP contribution in [0.25, 0.3) is 22.4 Å². The fourth-order valence-electron chi connectivity index (χ4n) is 1.61. The summed E-state index contributed by atoms with van der Waals surface area (Å²) < 4.78 is 27.6. The number of rotatable bonds is 1. The van der Waals surface area contributed by atoms with Gasteiger partial charge in [0, 0.05) is 17.0 Å². The van der Waals surface area contributed by atoms with Gasteiger partial charge in [-0.25, -0.2) is 13.8 Å². The largest absolute Gasteiger partial charge is 0.338 e. The van der Waals surface area contributed by atoms with Crippen LogP contribution in [0.2, 0.25) is 0 Å². The molecule has 0 amide bonds. The Morgan fingerprint density at radius 1 is 1.24 bits per heavy atom. The molecule has 0 bridgehead atoms. The lowest BCUT2D eigenvalue weighted by molar-refractivity contribution is 0.591. The van der Waals surface area contributed by atoms with Crippen LogP contribution in [0, 0.1) is 14.5 Å². The number of halogens is 3. The maximum Gasteiger partial charge on any atom is 0.153 e. The average Bonchev–Trinajstić information content (AvgIpc) is 2.83. The average molecular weight is 362 g/mol. The standard InChI is InChI=1S/C11H5F2IN2S/c12-6-2-7(13)10-8(3-6)15-11(16-10)5-1-9(14)17-4-5/h1-4H,(H,15,16). The highest BCUT2D eigenvalue weighted by molar-refractivity contribution is 14.1. The Hall–Kier alpha value is -1.02. The molecule has 0 fully saturated rings. The SMILES string of the molecule is Fc1cc(F)c2nc(-c3csc(I)c3)[nH]c2c1. The number of fused-ring (bicyclic) bond motifs is 1. The molecule has 0 saturated heterocycles. The maximum atomic E-state index is 13.5. The Balaban J connectivity index is 2.23. The molecule has 86 valence electrons. The number of nitrogens with one attached hydrogen (secondary N) is 1. The van der Waals surface area contributed by atoms with Gasteiger partial charge in [-0.3, -0.25) is 0 Å². The predicted octanol–water partition coefficient (Wildman–Crippen LogP) is 4.17. The van der Waals surface area contributed by atoms with Crippen molar-refractivity contribution in [1.29, 1.82) is 0 Å². The van der Waals surface area contributed by atoms with Gasteiger partial charge in [0.1, 0.15) is 17.2 Å². The number of H-pyrrole nitrogens is 1. The molecule has 17 heavy (non-hydrogen) atoms. The minimum Gasteiger partial charge on any atom is -0.338 e. The number of hydrogen-bond donors (Lipinski definition) is 1. The molecule has 2 aromatic heterocycles. The van der Waals surface area contributed by atoms with Gasteiger partial charge in [-0.1, -0.05) is 0 Å². The lowest BCUT2D eigenvalue weighted by atomic mass is 10.3. The van der Waals surface area contributed by atoms with Gasteiger partial charge in [0.15, 0.2) is 5.82 Å². The molecule has 0 aliphatic heterocycles. The van der Waals surface area contributed by atoms with Crippen molar-refractivity contribution in [2.45, 2.75) is 0 Å². The molecule has 2 nitrogen and oxygen atoms in total. The summed E-state index contributed by atoms with van der Waals surface area (Å²) >= 11 is 3.78. The van der Waals surface area contributed by atoms with Crippen LogP contribution in [0.1, 0.15) is 0 Å². The maximum absolute atomic E-state index is 13.5. The third-order valence-corrected chi connectivity index (χ3v) is 4.13. The smallest absolute Gasteiger partial charge is 0.153 e. The molecule has 0 atom stereocenters. The highest BCUT2D eigenvalue weighted by atomic mass is 127. The summed E-state index contributed by atoms with van der Waals surface area (Å²) in [5, 5.41) is 1.92. The molecular formula is C11H5F2IN2S. The van der Waals surface area contributed by atoms with Gasteiger partial charge in [0.25, 0.3) is 0 Å². The van der Waals surface area contributed by atoms with E-state index >= 15 is 0 Å². The van der Waals surface area contributed by atoms with Crippen LogP contribution in [0.3, 0.4) is 0 Å². The van der Waals surface area contributed by atoms with Crippen LogP contribution in [0.15, 0.2) is 23.6 Å². The number of imidazole rings is 1. The lowest BCUT2D eigenvalue weighted by Crippen LogP contribution is -1.81. The summed E-state index contributed by atoms with van der Waals surface area (Å²) in [6.07, 6.45) is 0. The molecule has 3 aromatic rings. The van der Waals surface area contributed by atoms with Crippen molar-refractivity contribution in [2.75, 3.05) is 0 Å². The molecule has 1 N–H and O–H groups in total. The first-order chi connectivity index (χ1) is 8.13. The van der Waals surface area contributed by atoms with E-state index in [-0.39, 0.29) is 5.52 Å². The number of hydrogen-bond acceptors (Lipinski definition) is 2. The third kappa shape index (κ3) is 1.95. The van der Waals surface area contributed by atoms with Gasteiger partial charge in [0.2, 0.25) is 0 Å². The van der Waals surface area contributed by atoms with E-state index in [4.69, 9.17) is 0 Å². The summed E-state index contributed by atoms with van der Waals surface area (Å²) in [5.74, 6) is -0.693. The first-order valence-corrected chi connectivity index (χ1v) is 6.68. The van der Waals surface area contributed by atoms with Crippen molar-refractivity contribution in [3.8, 4) is 11.4 Å². The summed E-state index contributed by atoms with van der Waals surface area (Å²) in [7, 11) is 0. The van der Waals surface area contributed by atoms with Crippen molar-refractivity contribution in [3.05, 3.63) is 38.1 Å². The van der Waals surface area contributed by atoms with E-state index in [9.17, 15) is 8.78 Å². The predicted molar refractivity (Wildman–Crippen MR) is 72.0 cm³/mol. The molecule has 0 spiro atoms. The minimum absolute atomic E-state index is 0.169. The van der Waals surface area contributed by atoms with Crippen LogP contribution in [-0.4, -0.2) is 9.97 Å².